The number of benzene rings is 3. The summed E-state index contributed by atoms with van der Waals surface area (Å²) in [4.78, 5) is 39.0. The number of amides is 4. The lowest BCUT2D eigenvalue weighted by Crippen LogP contribution is -2.54. The van der Waals surface area contributed by atoms with E-state index < -0.39 is 17.8 Å². The van der Waals surface area contributed by atoms with E-state index in [1.807, 2.05) is 0 Å². The molecule has 1 N–H and O–H groups in total. The molecule has 0 bridgehead atoms. The van der Waals surface area contributed by atoms with Crippen molar-refractivity contribution >= 4 is 80.3 Å². The Labute approximate surface area is 218 Å². The molecule has 1 saturated heterocycles. The van der Waals surface area contributed by atoms with E-state index in [4.69, 9.17) is 39.5 Å². The van der Waals surface area contributed by atoms with E-state index in [1.165, 1.54) is 12.1 Å². The van der Waals surface area contributed by atoms with Crippen molar-refractivity contribution in [3.63, 3.8) is 0 Å². The number of halogens is 4. The molecule has 34 heavy (non-hydrogen) atoms. The third-order valence-electron chi connectivity index (χ3n) is 4.82. The predicted octanol–water partition coefficient (Wildman–Crippen LogP) is 6.65. The maximum Gasteiger partial charge on any atom is 0.335 e. The van der Waals surface area contributed by atoms with Gasteiger partial charge >= 0.3 is 6.03 Å². The first kappa shape index (κ1) is 24.3. The summed E-state index contributed by atoms with van der Waals surface area (Å²) in [6.07, 6.45) is 1.37. The first-order valence-electron chi connectivity index (χ1n) is 9.76. The zero-order valence-corrected chi connectivity index (χ0v) is 21.0. The Balaban J connectivity index is 1.67. The number of carbonyl (C=O) groups excluding carboxylic acids is 3. The molecule has 6 nitrogen and oxygen atoms in total. The zero-order chi connectivity index (χ0) is 24.4. The quantitative estimate of drug-likeness (QED) is 0.271. The number of hydrogen-bond acceptors (Lipinski definition) is 4. The fraction of sp³-hybridized carbons (Fsp3) is 0.0417. The van der Waals surface area contributed by atoms with Crippen molar-refractivity contribution in [2.45, 2.75) is 6.61 Å². The van der Waals surface area contributed by atoms with Crippen LogP contribution in [0.15, 0.2) is 70.7 Å². The molecule has 4 amide bonds. The summed E-state index contributed by atoms with van der Waals surface area (Å²) < 4.78 is 6.63. The molecule has 0 atom stereocenters. The van der Waals surface area contributed by atoms with Crippen molar-refractivity contribution in [1.29, 1.82) is 0 Å². The van der Waals surface area contributed by atoms with Crippen LogP contribution in [0.1, 0.15) is 11.1 Å². The van der Waals surface area contributed by atoms with Crippen LogP contribution in [0.4, 0.5) is 10.5 Å². The molecule has 10 heteroatoms. The maximum atomic E-state index is 13.2. The van der Waals surface area contributed by atoms with Gasteiger partial charge in [0, 0.05) is 15.1 Å². The molecule has 1 aliphatic heterocycles. The average molecular weight is 581 g/mol. The molecule has 0 radical (unpaired) electrons. The van der Waals surface area contributed by atoms with Crippen molar-refractivity contribution in [1.82, 2.24) is 5.32 Å². The van der Waals surface area contributed by atoms with Gasteiger partial charge in [0.1, 0.15) is 17.9 Å². The minimum atomic E-state index is -0.861. The largest absolute Gasteiger partial charge is 0.488 e. The number of hydrogen-bond donors (Lipinski definition) is 1. The van der Waals surface area contributed by atoms with Gasteiger partial charge in [0.25, 0.3) is 11.8 Å². The van der Waals surface area contributed by atoms with Gasteiger partial charge in [0.05, 0.1) is 15.7 Å². The van der Waals surface area contributed by atoms with E-state index in [0.717, 1.165) is 10.5 Å². The van der Waals surface area contributed by atoms with Crippen LogP contribution >= 0.6 is 50.7 Å². The fourth-order valence-electron chi connectivity index (χ4n) is 3.22. The lowest BCUT2D eigenvalue weighted by atomic mass is 10.1. The summed E-state index contributed by atoms with van der Waals surface area (Å²) in [6, 6.07) is 15.6. The smallest absolute Gasteiger partial charge is 0.335 e. The lowest BCUT2D eigenvalue weighted by Gasteiger charge is -2.26. The first-order chi connectivity index (χ1) is 16.2. The molecular formula is C24H14BrCl3N2O4. The monoisotopic (exact) mass is 578 g/mol. The van der Waals surface area contributed by atoms with Crippen LogP contribution in [0.5, 0.6) is 5.75 Å². The average Bonchev–Trinajstić information content (AvgIpc) is 2.78. The lowest BCUT2D eigenvalue weighted by molar-refractivity contribution is -0.122. The van der Waals surface area contributed by atoms with E-state index in [9.17, 15) is 14.4 Å². The molecule has 1 aliphatic rings. The van der Waals surface area contributed by atoms with Crippen LogP contribution in [-0.2, 0) is 16.2 Å². The number of nitrogens with one attached hydrogen (secondary N) is 1. The molecule has 3 aromatic carbocycles. The topological polar surface area (TPSA) is 75.7 Å². The third-order valence-corrected chi connectivity index (χ3v) is 6.29. The van der Waals surface area contributed by atoms with Gasteiger partial charge in [-0.3, -0.25) is 14.9 Å². The summed E-state index contributed by atoms with van der Waals surface area (Å²) >= 11 is 21.4. The number of ether oxygens (including phenoxy) is 1. The summed E-state index contributed by atoms with van der Waals surface area (Å²) in [7, 11) is 0. The van der Waals surface area contributed by atoms with Crippen molar-refractivity contribution in [2.75, 3.05) is 4.90 Å². The van der Waals surface area contributed by atoms with Gasteiger partial charge in [0.15, 0.2) is 0 Å². The number of anilines is 1. The molecule has 0 unspecified atom stereocenters. The Hall–Kier alpha value is -2.84. The van der Waals surface area contributed by atoms with Crippen molar-refractivity contribution < 1.29 is 19.1 Å². The van der Waals surface area contributed by atoms with Crippen LogP contribution in [0.2, 0.25) is 15.1 Å². The molecule has 1 heterocycles. The Morgan fingerprint density at radius 2 is 1.74 bits per heavy atom. The Morgan fingerprint density at radius 3 is 2.47 bits per heavy atom. The van der Waals surface area contributed by atoms with E-state index in [2.05, 4.69) is 21.2 Å². The van der Waals surface area contributed by atoms with Gasteiger partial charge in [-0.05, 0) is 60.2 Å². The molecule has 172 valence electrons. The molecule has 1 fully saturated rings. The molecule has 0 aliphatic carbocycles. The molecule has 0 saturated carbocycles. The normalized spacial score (nSPS) is 15.0. The first-order valence-corrected chi connectivity index (χ1v) is 11.7. The minimum absolute atomic E-state index is 0.169. The second-order valence-electron chi connectivity index (χ2n) is 7.16. The van der Waals surface area contributed by atoms with Crippen molar-refractivity contribution in [3.8, 4) is 5.75 Å². The minimum Gasteiger partial charge on any atom is -0.488 e. The number of barbiturate groups is 1. The van der Waals surface area contributed by atoms with Crippen LogP contribution in [0, 0.1) is 0 Å². The number of carbonyl (C=O) groups is 3. The highest BCUT2D eigenvalue weighted by Crippen LogP contribution is 2.30. The summed E-state index contributed by atoms with van der Waals surface area (Å²) in [5.74, 6) is -1.19. The standard InChI is InChI=1S/C24H14BrCl3N2O4/c25-15-5-7-21(34-12-13-4-6-19(27)20(28)8-13)14(9-15)10-18-22(31)29-24(33)30(23(18)32)17-3-1-2-16(26)11-17/h1-11H,12H2,(H,29,31,33)/b18-10+. The number of imide groups is 2. The number of nitrogens with zero attached hydrogens (tertiary/aromatic N) is 1. The Bertz CT molecular complexity index is 1360. The highest BCUT2D eigenvalue weighted by atomic mass is 79.9. The fourth-order valence-corrected chi connectivity index (χ4v) is 4.10. The van der Waals surface area contributed by atoms with E-state index in [0.29, 0.717) is 30.9 Å². The Kier molecular flexibility index (Phi) is 7.28. The van der Waals surface area contributed by atoms with Gasteiger partial charge in [-0.25, -0.2) is 9.69 Å². The molecule has 3 aromatic rings. The highest BCUT2D eigenvalue weighted by molar-refractivity contribution is 9.10. The van der Waals surface area contributed by atoms with E-state index in [-0.39, 0.29) is 17.9 Å². The van der Waals surface area contributed by atoms with E-state index in [1.54, 1.807) is 54.6 Å². The van der Waals surface area contributed by atoms with Crippen LogP contribution < -0.4 is 15.0 Å². The SMILES string of the molecule is O=C1NC(=O)N(c2cccc(Cl)c2)C(=O)/C1=C/c1cc(Br)ccc1OCc1ccc(Cl)c(Cl)c1. The molecule has 0 spiro atoms. The van der Waals surface area contributed by atoms with Gasteiger partial charge in [-0.1, -0.05) is 62.9 Å². The molecule has 0 aromatic heterocycles. The van der Waals surface area contributed by atoms with Crippen molar-refractivity contribution in [2.24, 2.45) is 0 Å². The predicted molar refractivity (Wildman–Crippen MR) is 135 cm³/mol. The molecular weight excluding hydrogens is 567 g/mol. The number of rotatable bonds is 5. The Morgan fingerprint density at radius 1 is 0.941 bits per heavy atom. The van der Waals surface area contributed by atoms with E-state index >= 15 is 0 Å². The van der Waals surface area contributed by atoms with Gasteiger partial charge in [0.2, 0.25) is 0 Å². The summed E-state index contributed by atoms with van der Waals surface area (Å²) in [6.45, 7) is 0.169. The molecule has 4 rings (SSSR count). The second kappa shape index (κ2) is 10.2. The van der Waals surface area contributed by atoms with Crippen LogP contribution in [0.25, 0.3) is 6.08 Å². The maximum absolute atomic E-state index is 13.2. The third kappa shape index (κ3) is 5.28. The number of urea groups is 1. The zero-order valence-electron chi connectivity index (χ0n) is 17.2. The van der Waals surface area contributed by atoms with Gasteiger partial charge in [-0.15, -0.1) is 0 Å². The van der Waals surface area contributed by atoms with Gasteiger partial charge < -0.3 is 4.74 Å². The van der Waals surface area contributed by atoms with Crippen LogP contribution in [-0.4, -0.2) is 17.8 Å². The summed E-state index contributed by atoms with van der Waals surface area (Å²) in [5, 5.41) is 3.36. The summed E-state index contributed by atoms with van der Waals surface area (Å²) in [5.41, 5.74) is 1.23. The van der Waals surface area contributed by atoms with Crippen LogP contribution in [0.3, 0.4) is 0 Å². The van der Waals surface area contributed by atoms with Crippen molar-refractivity contribution in [3.05, 3.63) is 96.9 Å². The van der Waals surface area contributed by atoms with Gasteiger partial charge in [-0.2, -0.15) is 0 Å². The second-order valence-corrected chi connectivity index (χ2v) is 9.32. The highest BCUT2D eigenvalue weighted by Gasteiger charge is 2.37.